The average molecular weight is 520 g/mol. The van der Waals surface area contributed by atoms with Crippen LogP contribution in [0.15, 0.2) is 60.2 Å². The minimum atomic E-state index is -0.680. The fourth-order valence-electron chi connectivity index (χ4n) is 2.94. The molecule has 0 aliphatic carbocycles. The molecule has 5 nitrogen and oxygen atoms in total. The molecule has 34 heavy (non-hydrogen) atoms. The van der Waals surface area contributed by atoms with Gasteiger partial charge in [0, 0.05) is 5.56 Å². The summed E-state index contributed by atoms with van der Waals surface area (Å²) in [6.07, 6.45) is 1.35. The van der Waals surface area contributed by atoms with Gasteiger partial charge in [-0.3, -0.25) is 4.79 Å². The van der Waals surface area contributed by atoms with E-state index in [1.165, 1.54) is 18.2 Å². The molecule has 0 heterocycles. The molecule has 0 aromatic heterocycles. The number of rotatable bonds is 8. The standard InChI is InChI=1S/C25H18Cl3FN2O3/c1-2-33-22-12-15(11-19(27)24(22)34-14-16-6-3-4-8-20(16)29)10-17(13-30)25(32)31-21-9-5-7-18(26)23(21)28/h3-12H,2,14H2,1H3,(H,31,32). The Balaban J connectivity index is 1.87. The lowest BCUT2D eigenvalue weighted by Crippen LogP contribution is -2.13. The molecule has 3 rings (SSSR count). The zero-order chi connectivity index (χ0) is 24.7. The van der Waals surface area contributed by atoms with Gasteiger partial charge in [-0.15, -0.1) is 0 Å². The normalized spacial score (nSPS) is 11.0. The summed E-state index contributed by atoms with van der Waals surface area (Å²) in [6, 6.07) is 15.9. The Morgan fingerprint density at radius 3 is 2.56 bits per heavy atom. The summed E-state index contributed by atoms with van der Waals surface area (Å²) in [4.78, 5) is 12.6. The van der Waals surface area contributed by atoms with Gasteiger partial charge in [-0.2, -0.15) is 5.26 Å². The van der Waals surface area contributed by atoms with E-state index in [1.54, 1.807) is 49.4 Å². The highest BCUT2D eigenvalue weighted by atomic mass is 35.5. The molecule has 0 aliphatic heterocycles. The van der Waals surface area contributed by atoms with Crippen molar-refractivity contribution < 1.29 is 18.7 Å². The van der Waals surface area contributed by atoms with Crippen molar-refractivity contribution in [1.29, 1.82) is 5.26 Å². The van der Waals surface area contributed by atoms with Gasteiger partial charge in [0.25, 0.3) is 5.91 Å². The van der Waals surface area contributed by atoms with Crippen LogP contribution in [0.2, 0.25) is 15.1 Å². The lowest BCUT2D eigenvalue weighted by Gasteiger charge is -2.15. The molecule has 0 saturated carbocycles. The first-order chi connectivity index (χ1) is 16.3. The molecular weight excluding hydrogens is 502 g/mol. The van der Waals surface area contributed by atoms with Gasteiger partial charge in [-0.25, -0.2) is 4.39 Å². The van der Waals surface area contributed by atoms with Crippen LogP contribution in [0.4, 0.5) is 10.1 Å². The third-order valence-corrected chi connectivity index (χ3v) is 5.64. The van der Waals surface area contributed by atoms with Gasteiger partial charge in [0.1, 0.15) is 24.1 Å². The molecule has 0 aliphatic rings. The number of carbonyl (C=O) groups is 1. The van der Waals surface area contributed by atoms with E-state index in [-0.39, 0.29) is 44.4 Å². The Hall–Kier alpha value is -3.24. The minimum Gasteiger partial charge on any atom is -0.490 e. The molecule has 174 valence electrons. The molecule has 3 aromatic rings. The lowest BCUT2D eigenvalue weighted by atomic mass is 10.1. The molecule has 0 radical (unpaired) electrons. The zero-order valence-electron chi connectivity index (χ0n) is 17.9. The topological polar surface area (TPSA) is 71.3 Å². The number of halogens is 4. The number of hydrogen-bond donors (Lipinski definition) is 1. The van der Waals surface area contributed by atoms with E-state index in [0.29, 0.717) is 17.7 Å². The Bertz CT molecular complexity index is 1290. The smallest absolute Gasteiger partial charge is 0.266 e. The summed E-state index contributed by atoms with van der Waals surface area (Å²) in [6.45, 7) is 2.02. The Morgan fingerprint density at radius 1 is 1.09 bits per heavy atom. The van der Waals surface area contributed by atoms with Crippen LogP contribution in [0.25, 0.3) is 6.08 Å². The number of ether oxygens (including phenoxy) is 2. The van der Waals surface area contributed by atoms with Crippen molar-refractivity contribution in [3.05, 3.63) is 92.2 Å². The molecular formula is C25H18Cl3FN2O3. The van der Waals surface area contributed by atoms with Crippen LogP contribution in [-0.2, 0) is 11.4 Å². The van der Waals surface area contributed by atoms with Gasteiger partial charge in [0.15, 0.2) is 11.5 Å². The van der Waals surface area contributed by atoms with Gasteiger partial charge in [-0.1, -0.05) is 59.1 Å². The Morgan fingerprint density at radius 2 is 1.85 bits per heavy atom. The third kappa shape index (κ3) is 6.21. The molecule has 0 atom stereocenters. The molecule has 0 unspecified atom stereocenters. The number of benzene rings is 3. The van der Waals surface area contributed by atoms with Crippen molar-refractivity contribution in [3.63, 3.8) is 0 Å². The number of nitriles is 1. The van der Waals surface area contributed by atoms with E-state index in [4.69, 9.17) is 44.3 Å². The molecule has 0 fully saturated rings. The van der Waals surface area contributed by atoms with E-state index in [0.717, 1.165) is 0 Å². The number of anilines is 1. The highest BCUT2D eigenvalue weighted by Gasteiger charge is 2.16. The first-order valence-electron chi connectivity index (χ1n) is 10.0. The van der Waals surface area contributed by atoms with Crippen molar-refractivity contribution in [2.24, 2.45) is 0 Å². The summed E-state index contributed by atoms with van der Waals surface area (Å²) in [5.41, 5.74) is 0.850. The summed E-state index contributed by atoms with van der Waals surface area (Å²) < 4.78 is 25.3. The number of amides is 1. The maximum atomic E-state index is 13.9. The lowest BCUT2D eigenvalue weighted by molar-refractivity contribution is -0.112. The van der Waals surface area contributed by atoms with Gasteiger partial charge in [0.2, 0.25) is 0 Å². The van der Waals surface area contributed by atoms with Crippen LogP contribution in [0, 0.1) is 17.1 Å². The van der Waals surface area contributed by atoms with E-state index in [2.05, 4.69) is 5.32 Å². The molecule has 3 aromatic carbocycles. The van der Waals surface area contributed by atoms with Crippen LogP contribution in [0.5, 0.6) is 11.5 Å². The Labute approximate surface area is 211 Å². The van der Waals surface area contributed by atoms with E-state index >= 15 is 0 Å². The first-order valence-corrected chi connectivity index (χ1v) is 11.2. The van der Waals surface area contributed by atoms with Gasteiger partial charge < -0.3 is 14.8 Å². The SMILES string of the molecule is CCOc1cc(C=C(C#N)C(=O)Nc2cccc(Cl)c2Cl)cc(Cl)c1OCc1ccccc1F. The quantitative estimate of drug-likeness (QED) is 0.250. The second-order valence-corrected chi connectivity index (χ2v) is 8.06. The van der Waals surface area contributed by atoms with Crippen LogP contribution in [-0.4, -0.2) is 12.5 Å². The monoisotopic (exact) mass is 518 g/mol. The van der Waals surface area contributed by atoms with Gasteiger partial charge in [-0.05, 0) is 48.9 Å². The molecule has 1 amide bonds. The minimum absolute atomic E-state index is 0.0616. The number of carbonyl (C=O) groups excluding carboxylic acids is 1. The molecule has 9 heteroatoms. The molecule has 1 N–H and O–H groups in total. The van der Waals surface area contributed by atoms with E-state index in [1.807, 2.05) is 6.07 Å². The largest absolute Gasteiger partial charge is 0.490 e. The van der Waals surface area contributed by atoms with Gasteiger partial charge in [0.05, 0.1) is 27.4 Å². The zero-order valence-corrected chi connectivity index (χ0v) is 20.1. The summed E-state index contributed by atoms with van der Waals surface area (Å²) in [7, 11) is 0. The fourth-order valence-corrected chi connectivity index (χ4v) is 3.57. The Kier molecular flexibility index (Phi) is 8.78. The highest BCUT2D eigenvalue weighted by Crippen LogP contribution is 2.38. The maximum absolute atomic E-state index is 13.9. The fraction of sp³-hybridized carbons (Fsp3) is 0.120. The predicted molar refractivity (Wildman–Crippen MR) is 132 cm³/mol. The van der Waals surface area contributed by atoms with Crippen molar-refractivity contribution in [2.45, 2.75) is 13.5 Å². The summed E-state index contributed by atoms with van der Waals surface area (Å²) >= 11 is 18.5. The van der Waals surface area contributed by atoms with Crippen LogP contribution in [0.1, 0.15) is 18.1 Å². The second-order valence-electron chi connectivity index (χ2n) is 6.87. The van der Waals surface area contributed by atoms with Crippen LogP contribution >= 0.6 is 34.8 Å². The van der Waals surface area contributed by atoms with Gasteiger partial charge >= 0.3 is 0 Å². The number of hydrogen-bond acceptors (Lipinski definition) is 4. The van der Waals surface area contributed by atoms with Crippen molar-refractivity contribution in [2.75, 3.05) is 11.9 Å². The highest BCUT2D eigenvalue weighted by molar-refractivity contribution is 6.44. The number of nitrogens with one attached hydrogen (secondary N) is 1. The predicted octanol–water partition coefficient (Wildman–Crippen LogP) is 7.31. The van der Waals surface area contributed by atoms with Crippen molar-refractivity contribution in [3.8, 4) is 17.6 Å². The maximum Gasteiger partial charge on any atom is 0.266 e. The summed E-state index contributed by atoms with van der Waals surface area (Å²) in [5.74, 6) is -0.577. The van der Waals surface area contributed by atoms with Crippen molar-refractivity contribution >= 4 is 52.5 Å². The van der Waals surface area contributed by atoms with Crippen LogP contribution in [0.3, 0.4) is 0 Å². The van der Waals surface area contributed by atoms with E-state index < -0.39 is 11.7 Å². The molecule has 0 spiro atoms. The molecule has 0 saturated heterocycles. The third-order valence-electron chi connectivity index (χ3n) is 4.54. The van der Waals surface area contributed by atoms with Crippen molar-refractivity contribution in [1.82, 2.24) is 0 Å². The summed E-state index contributed by atoms with van der Waals surface area (Å²) in [5, 5.41) is 12.7. The second kappa shape index (κ2) is 11.8. The van der Waals surface area contributed by atoms with Crippen LogP contribution < -0.4 is 14.8 Å². The van der Waals surface area contributed by atoms with E-state index in [9.17, 15) is 14.4 Å². The first kappa shape index (κ1) is 25.4. The average Bonchev–Trinajstić information content (AvgIpc) is 2.81. The molecule has 0 bridgehead atoms. The number of nitrogens with zero attached hydrogens (tertiary/aromatic N) is 1.